The van der Waals surface area contributed by atoms with E-state index in [0.29, 0.717) is 5.65 Å². The second-order valence-electron chi connectivity index (χ2n) is 6.78. The average molecular weight is 341 g/mol. The predicted octanol–water partition coefficient (Wildman–Crippen LogP) is 3.16. The monoisotopic (exact) mass is 341 g/mol. The number of nitrogens with zero attached hydrogens (tertiary/aromatic N) is 4. The van der Waals surface area contributed by atoms with E-state index in [1.807, 2.05) is 19.9 Å². The third kappa shape index (κ3) is 3.57. The van der Waals surface area contributed by atoms with Gasteiger partial charge in [0.15, 0.2) is 5.65 Å². The van der Waals surface area contributed by atoms with Crippen LogP contribution >= 0.6 is 0 Å². The molecule has 1 saturated carbocycles. The van der Waals surface area contributed by atoms with Gasteiger partial charge in [-0.15, -0.1) is 0 Å². The molecule has 1 aliphatic rings. The highest BCUT2D eigenvalue weighted by atomic mass is 16.2. The zero-order valence-electron chi connectivity index (χ0n) is 15.6. The Morgan fingerprint density at radius 3 is 2.48 bits per heavy atom. The van der Waals surface area contributed by atoms with Crippen molar-refractivity contribution in [3.63, 3.8) is 0 Å². The summed E-state index contributed by atoms with van der Waals surface area (Å²) in [5.41, 5.74) is 2.59. The lowest BCUT2D eigenvalue weighted by atomic mass is 10.1. The molecule has 25 heavy (non-hydrogen) atoms. The second-order valence-corrected chi connectivity index (χ2v) is 6.78. The molecular formula is C19H27N5O. The standard InChI is InChI=1S/C19H27N5O/c1-5-24(6-2)18-15-12(3)11-13(4)20-16(15)22-17(23-18)19(25)21-14-9-7-8-10-14/h11,14H,5-10H2,1-4H3,(H,21,25). The minimum atomic E-state index is -0.192. The van der Waals surface area contributed by atoms with Crippen LogP contribution in [0.3, 0.4) is 0 Å². The van der Waals surface area contributed by atoms with Gasteiger partial charge in [-0.3, -0.25) is 4.79 Å². The van der Waals surface area contributed by atoms with E-state index < -0.39 is 0 Å². The molecule has 0 radical (unpaired) electrons. The number of carbonyl (C=O) groups excluding carboxylic acids is 1. The Bertz CT molecular complexity index is 779. The zero-order valence-corrected chi connectivity index (χ0v) is 15.6. The van der Waals surface area contributed by atoms with Gasteiger partial charge >= 0.3 is 0 Å². The van der Waals surface area contributed by atoms with Crippen molar-refractivity contribution in [2.45, 2.75) is 59.4 Å². The van der Waals surface area contributed by atoms with Crippen molar-refractivity contribution in [3.8, 4) is 0 Å². The van der Waals surface area contributed by atoms with Gasteiger partial charge in [-0.2, -0.15) is 0 Å². The zero-order chi connectivity index (χ0) is 18.0. The molecule has 1 aliphatic carbocycles. The molecule has 2 aromatic rings. The molecule has 0 spiro atoms. The van der Waals surface area contributed by atoms with E-state index in [2.05, 4.69) is 39.0 Å². The van der Waals surface area contributed by atoms with Crippen LogP contribution < -0.4 is 10.2 Å². The summed E-state index contributed by atoms with van der Waals surface area (Å²) >= 11 is 0. The van der Waals surface area contributed by atoms with Gasteiger partial charge < -0.3 is 10.2 Å². The number of aromatic nitrogens is 3. The molecule has 0 aliphatic heterocycles. The van der Waals surface area contributed by atoms with Gasteiger partial charge in [0.1, 0.15) is 5.82 Å². The van der Waals surface area contributed by atoms with E-state index >= 15 is 0 Å². The molecule has 1 N–H and O–H groups in total. The highest BCUT2D eigenvalue weighted by molar-refractivity contribution is 5.96. The van der Waals surface area contributed by atoms with E-state index in [9.17, 15) is 4.79 Å². The molecule has 0 unspecified atom stereocenters. The fourth-order valence-electron chi connectivity index (χ4n) is 3.63. The summed E-state index contributed by atoms with van der Waals surface area (Å²) in [5.74, 6) is 0.832. The predicted molar refractivity (Wildman–Crippen MR) is 100 cm³/mol. The number of hydrogen-bond acceptors (Lipinski definition) is 5. The van der Waals surface area contributed by atoms with Gasteiger partial charge in [-0.05, 0) is 52.2 Å². The third-order valence-corrected chi connectivity index (χ3v) is 4.93. The number of aryl methyl sites for hydroxylation is 2. The molecule has 6 heteroatoms. The van der Waals surface area contributed by atoms with Crippen molar-refractivity contribution in [3.05, 3.63) is 23.1 Å². The Hall–Kier alpha value is -2.24. The summed E-state index contributed by atoms with van der Waals surface area (Å²) in [5, 5.41) is 4.02. The summed E-state index contributed by atoms with van der Waals surface area (Å²) < 4.78 is 0. The molecule has 6 nitrogen and oxygen atoms in total. The van der Waals surface area contributed by atoms with Crippen molar-refractivity contribution >= 4 is 22.8 Å². The van der Waals surface area contributed by atoms with Crippen LogP contribution in [0.4, 0.5) is 5.82 Å². The second kappa shape index (κ2) is 7.33. The van der Waals surface area contributed by atoms with Crippen LogP contribution in [0.1, 0.15) is 61.4 Å². The molecule has 0 saturated heterocycles. The Kier molecular flexibility index (Phi) is 5.16. The van der Waals surface area contributed by atoms with E-state index in [4.69, 9.17) is 0 Å². The van der Waals surface area contributed by atoms with Gasteiger partial charge in [0.25, 0.3) is 5.91 Å². The highest BCUT2D eigenvalue weighted by Crippen LogP contribution is 2.27. The van der Waals surface area contributed by atoms with Gasteiger partial charge in [0.05, 0.1) is 5.39 Å². The van der Waals surface area contributed by atoms with Crippen molar-refractivity contribution in [2.24, 2.45) is 0 Å². The summed E-state index contributed by atoms with van der Waals surface area (Å²) in [7, 11) is 0. The first kappa shape index (κ1) is 17.6. The van der Waals surface area contributed by atoms with Crippen LogP contribution in [0.25, 0.3) is 11.0 Å². The van der Waals surface area contributed by atoms with Crippen LogP contribution in [0.15, 0.2) is 6.07 Å². The van der Waals surface area contributed by atoms with Crippen LogP contribution in [0.5, 0.6) is 0 Å². The quantitative estimate of drug-likeness (QED) is 0.904. The number of hydrogen-bond donors (Lipinski definition) is 1. The summed E-state index contributed by atoms with van der Waals surface area (Å²) in [6.45, 7) is 9.81. The third-order valence-electron chi connectivity index (χ3n) is 4.93. The maximum atomic E-state index is 12.7. The number of fused-ring (bicyclic) bond motifs is 1. The molecule has 2 heterocycles. The largest absolute Gasteiger partial charge is 0.356 e. The molecule has 2 aromatic heterocycles. The fourth-order valence-corrected chi connectivity index (χ4v) is 3.63. The minimum absolute atomic E-state index is 0.192. The average Bonchev–Trinajstić information content (AvgIpc) is 3.08. The van der Waals surface area contributed by atoms with Gasteiger partial charge in [-0.25, -0.2) is 15.0 Å². The minimum Gasteiger partial charge on any atom is -0.356 e. The first-order valence-electron chi connectivity index (χ1n) is 9.25. The van der Waals surface area contributed by atoms with E-state index in [1.54, 1.807) is 0 Å². The van der Waals surface area contributed by atoms with Gasteiger partial charge in [-0.1, -0.05) is 12.8 Å². The van der Waals surface area contributed by atoms with Crippen molar-refractivity contribution in [1.82, 2.24) is 20.3 Å². The lowest BCUT2D eigenvalue weighted by Crippen LogP contribution is -2.34. The molecule has 1 fully saturated rings. The summed E-state index contributed by atoms with van der Waals surface area (Å²) in [4.78, 5) is 28.5. The SMILES string of the molecule is CCN(CC)c1nc(C(=O)NC2CCCC2)nc2nc(C)cc(C)c12. The number of anilines is 1. The molecule has 0 atom stereocenters. The first-order chi connectivity index (χ1) is 12.0. The fraction of sp³-hybridized carbons (Fsp3) is 0.579. The molecular weight excluding hydrogens is 314 g/mol. The van der Waals surface area contributed by atoms with Crippen LogP contribution in [0, 0.1) is 13.8 Å². The Balaban J connectivity index is 2.08. The van der Waals surface area contributed by atoms with Gasteiger partial charge in [0, 0.05) is 24.8 Å². The summed E-state index contributed by atoms with van der Waals surface area (Å²) in [6, 6.07) is 2.28. The van der Waals surface area contributed by atoms with E-state index in [0.717, 1.165) is 48.4 Å². The van der Waals surface area contributed by atoms with Crippen molar-refractivity contribution in [2.75, 3.05) is 18.0 Å². The number of nitrogens with one attached hydrogen (secondary N) is 1. The Morgan fingerprint density at radius 1 is 1.16 bits per heavy atom. The number of rotatable bonds is 5. The smallest absolute Gasteiger partial charge is 0.289 e. The van der Waals surface area contributed by atoms with E-state index in [1.165, 1.54) is 12.8 Å². The van der Waals surface area contributed by atoms with E-state index in [-0.39, 0.29) is 17.8 Å². The van der Waals surface area contributed by atoms with Crippen LogP contribution in [-0.4, -0.2) is 40.0 Å². The van der Waals surface area contributed by atoms with Crippen molar-refractivity contribution in [1.29, 1.82) is 0 Å². The van der Waals surface area contributed by atoms with Crippen LogP contribution in [0.2, 0.25) is 0 Å². The topological polar surface area (TPSA) is 71.0 Å². The lowest BCUT2D eigenvalue weighted by Gasteiger charge is -2.23. The maximum Gasteiger partial charge on any atom is 0.289 e. The van der Waals surface area contributed by atoms with Crippen molar-refractivity contribution < 1.29 is 4.79 Å². The maximum absolute atomic E-state index is 12.7. The molecule has 3 rings (SSSR count). The van der Waals surface area contributed by atoms with Gasteiger partial charge in [0.2, 0.25) is 5.82 Å². The molecule has 1 amide bonds. The Labute approximate surface area is 149 Å². The van der Waals surface area contributed by atoms with Crippen LogP contribution in [-0.2, 0) is 0 Å². The number of carbonyl (C=O) groups is 1. The lowest BCUT2D eigenvalue weighted by molar-refractivity contribution is 0.0927. The highest BCUT2D eigenvalue weighted by Gasteiger charge is 2.22. The molecule has 134 valence electrons. The normalized spacial score (nSPS) is 14.9. The Morgan fingerprint density at radius 2 is 1.84 bits per heavy atom. The number of pyridine rings is 1. The first-order valence-corrected chi connectivity index (χ1v) is 9.25. The number of amides is 1. The molecule has 0 bridgehead atoms. The summed E-state index contributed by atoms with van der Waals surface area (Å²) in [6.07, 6.45) is 4.43. The molecule has 0 aromatic carbocycles.